The van der Waals surface area contributed by atoms with Crippen molar-refractivity contribution in [1.29, 1.82) is 0 Å². The summed E-state index contributed by atoms with van der Waals surface area (Å²) in [6.45, 7) is 1.78. The molecule has 1 N–H and O–H groups in total. The average Bonchev–Trinajstić information content (AvgIpc) is 3.77. The van der Waals surface area contributed by atoms with Crippen molar-refractivity contribution in [3.8, 4) is 11.1 Å². The van der Waals surface area contributed by atoms with Crippen LogP contribution in [0.3, 0.4) is 0 Å². The number of imidazole rings is 1. The van der Waals surface area contributed by atoms with Crippen LogP contribution in [0.25, 0.3) is 21.9 Å². The van der Waals surface area contributed by atoms with Crippen LogP contribution in [-0.4, -0.2) is 47.0 Å². The van der Waals surface area contributed by atoms with E-state index in [0.717, 1.165) is 69.4 Å². The highest BCUT2D eigenvalue weighted by atomic mass is 16.5. The van der Waals surface area contributed by atoms with Gasteiger partial charge in [-0.2, -0.15) is 0 Å². The fourth-order valence-corrected chi connectivity index (χ4v) is 8.91. The highest BCUT2D eigenvalue weighted by molar-refractivity contribution is 6.11. The maximum absolute atomic E-state index is 15.1. The van der Waals surface area contributed by atoms with E-state index in [1.165, 1.54) is 7.11 Å². The Kier molecular flexibility index (Phi) is 10.6. The number of methoxy groups -OCH3 is 1. The fourth-order valence-electron chi connectivity index (χ4n) is 8.91. The van der Waals surface area contributed by atoms with Crippen molar-refractivity contribution >= 4 is 34.0 Å². The molecule has 1 heterocycles. The first kappa shape index (κ1) is 37.6. The van der Waals surface area contributed by atoms with Gasteiger partial charge < -0.3 is 14.2 Å². The Morgan fingerprint density at radius 3 is 1.93 bits per heavy atom. The number of rotatable bonds is 12. The Balaban J connectivity index is 1.26. The van der Waals surface area contributed by atoms with Gasteiger partial charge in [0.15, 0.2) is 11.6 Å². The van der Waals surface area contributed by atoms with E-state index in [-0.39, 0.29) is 11.8 Å². The molecule has 1 aromatic heterocycles. The second kappa shape index (κ2) is 16.0. The summed E-state index contributed by atoms with van der Waals surface area (Å²) in [7, 11) is 3.41. The first-order chi connectivity index (χ1) is 27.9. The van der Waals surface area contributed by atoms with Gasteiger partial charge in [-0.1, -0.05) is 153 Å². The minimum Gasteiger partial charge on any atom is -0.468 e. The number of benzene rings is 6. The molecule has 1 aliphatic rings. The van der Waals surface area contributed by atoms with Gasteiger partial charge >= 0.3 is 5.97 Å². The largest absolute Gasteiger partial charge is 0.468 e. The number of fused-ring (bicyclic) bond motifs is 1. The zero-order chi connectivity index (χ0) is 39.4. The summed E-state index contributed by atoms with van der Waals surface area (Å²) in [4.78, 5) is 34.9. The Morgan fingerprint density at radius 2 is 1.32 bits per heavy atom. The van der Waals surface area contributed by atoms with Crippen LogP contribution in [0.1, 0.15) is 66.1 Å². The molecule has 7 heteroatoms. The van der Waals surface area contributed by atoms with Crippen LogP contribution in [0.4, 0.5) is 11.5 Å². The third-order valence-corrected chi connectivity index (χ3v) is 11.8. The summed E-state index contributed by atoms with van der Waals surface area (Å²) in [5.74, 6) is 0.370. The van der Waals surface area contributed by atoms with E-state index in [1.807, 2.05) is 61.9 Å². The molecule has 1 atom stereocenters. The highest BCUT2D eigenvalue weighted by Crippen LogP contribution is 2.43. The van der Waals surface area contributed by atoms with Gasteiger partial charge in [0.05, 0.1) is 19.0 Å². The van der Waals surface area contributed by atoms with E-state index in [2.05, 4.69) is 124 Å². The quantitative estimate of drug-likeness (QED) is 0.0761. The average molecular weight is 753 g/mol. The summed E-state index contributed by atoms with van der Waals surface area (Å²) in [5.41, 5.74) is 5.06. The molecule has 0 bridgehead atoms. The standard InChI is InChI=1S/C50H48N4O3/c1-36(48(56)57-3)52-49(31-16-7-17-32-49)47(55)44-30-29-41(33-45(44)43-28-18-20-37-19-14-15-27-42(37)43)53(2)46-34-54(35-51-46)50(38-21-8-4-9-22-38,39-23-10-5-11-24-39)40-25-12-6-13-26-40/h4-6,8-15,18-30,33-36,52H,7,16-17,31-32H2,1-3H3. The number of carbonyl (C=O) groups excluding carboxylic acids is 2. The topological polar surface area (TPSA) is 76.5 Å². The van der Waals surface area contributed by atoms with Gasteiger partial charge in [0.2, 0.25) is 0 Å². The maximum Gasteiger partial charge on any atom is 0.322 e. The van der Waals surface area contributed by atoms with Crippen LogP contribution >= 0.6 is 0 Å². The smallest absolute Gasteiger partial charge is 0.322 e. The second-order valence-electron chi connectivity index (χ2n) is 15.1. The minimum absolute atomic E-state index is 0.00210. The van der Waals surface area contributed by atoms with E-state index in [9.17, 15) is 4.79 Å². The SMILES string of the molecule is COC(=O)C(C)NC1(C(=O)c2ccc(N(C)c3cn(C(c4ccccc4)(c4ccccc4)c4ccccc4)cn3)cc2-c2cccc3ccccc23)CCCCC1. The molecule has 7 nitrogen and oxygen atoms in total. The van der Waals surface area contributed by atoms with Gasteiger partial charge in [-0.05, 0) is 76.6 Å². The van der Waals surface area contributed by atoms with Gasteiger partial charge in [-0.25, -0.2) is 4.98 Å². The molecule has 0 aliphatic heterocycles. The van der Waals surface area contributed by atoms with Crippen molar-refractivity contribution in [2.45, 2.75) is 56.1 Å². The second-order valence-corrected chi connectivity index (χ2v) is 15.1. The molecule has 7 aromatic rings. The number of esters is 1. The third-order valence-electron chi connectivity index (χ3n) is 11.8. The molecule has 1 unspecified atom stereocenters. The molecular formula is C50H48N4O3. The Labute approximate surface area is 335 Å². The molecule has 0 radical (unpaired) electrons. The zero-order valence-electron chi connectivity index (χ0n) is 32.8. The number of Topliss-reactive ketones (excluding diaryl/α,β-unsaturated/α-hetero) is 1. The lowest BCUT2D eigenvalue weighted by Crippen LogP contribution is -2.58. The van der Waals surface area contributed by atoms with Gasteiger partial charge in [0, 0.05) is 24.5 Å². The van der Waals surface area contributed by atoms with E-state index in [4.69, 9.17) is 9.72 Å². The number of anilines is 2. The Hall–Kier alpha value is -6.31. The van der Waals surface area contributed by atoms with Crippen LogP contribution in [-0.2, 0) is 15.1 Å². The summed E-state index contributed by atoms with van der Waals surface area (Å²) >= 11 is 0. The number of nitrogens with one attached hydrogen (secondary N) is 1. The van der Waals surface area contributed by atoms with E-state index in [1.54, 1.807) is 6.92 Å². The number of ether oxygens (including phenoxy) is 1. The van der Waals surface area contributed by atoms with E-state index < -0.39 is 17.1 Å². The zero-order valence-corrected chi connectivity index (χ0v) is 32.8. The van der Waals surface area contributed by atoms with Gasteiger partial charge in [0.1, 0.15) is 11.6 Å². The van der Waals surface area contributed by atoms with Crippen LogP contribution < -0.4 is 10.2 Å². The predicted molar refractivity (Wildman–Crippen MR) is 229 cm³/mol. The van der Waals surface area contributed by atoms with Crippen LogP contribution in [0, 0.1) is 0 Å². The van der Waals surface area contributed by atoms with Crippen molar-refractivity contribution in [2.24, 2.45) is 0 Å². The molecule has 8 rings (SSSR count). The Bertz CT molecular complexity index is 2390. The number of hydrogen-bond donors (Lipinski definition) is 1. The summed E-state index contributed by atoms with van der Waals surface area (Å²) < 4.78 is 7.29. The lowest BCUT2D eigenvalue weighted by Gasteiger charge is -2.39. The molecule has 0 saturated heterocycles. The number of carbonyl (C=O) groups is 2. The third kappa shape index (κ3) is 6.93. The fraction of sp³-hybridized carbons (Fsp3) is 0.220. The van der Waals surface area contributed by atoms with Crippen molar-refractivity contribution < 1.29 is 14.3 Å². The number of hydrogen-bond acceptors (Lipinski definition) is 6. The molecule has 1 fully saturated rings. The molecule has 0 spiro atoms. The molecule has 286 valence electrons. The van der Waals surface area contributed by atoms with Crippen molar-refractivity contribution in [3.63, 3.8) is 0 Å². The predicted octanol–water partition coefficient (Wildman–Crippen LogP) is 10.3. The normalized spacial score (nSPS) is 14.5. The van der Waals surface area contributed by atoms with Crippen LogP contribution in [0.2, 0.25) is 0 Å². The number of ketones is 1. The molecule has 0 amide bonds. The molecular weight excluding hydrogens is 705 g/mol. The van der Waals surface area contributed by atoms with Gasteiger partial charge in [0.25, 0.3) is 0 Å². The molecule has 57 heavy (non-hydrogen) atoms. The monoisotopic (exact) mass is 752 g/mol. The highest BCUT2D eigenvalue weighted by Gasteiger charge is 2.43. The molecule has 6 aromatic carbocycles. The van der Waals surface area contributed by atoms with E-state index in [0.29, 0.717) is 18.4 Å². The Morgan fingerprint density at radius 1 is 0.737 bits per heavy atom. The minimum atomic E-state index is -0.896. The van der Waals surface area contributed by atoms with Crippen LogP contribution in [0.5, 0.6) is 0 Å². The molecule has 1 aliphatic carbocycles. The lowest BCUT2D eigenvalue weighted by atomic mass is 9.74. The maximum atomic E-state index is 15.1. The van der Waals surface area contributed by atoms with Crippen molar-refractivity contribution in [3.05, 3.63) is 186 Å². The lowest BCUT2D eigenvalue weighted by molar-refractivity contribution is -0.143. The number of nitrogens with zero attached hydrogens (tertiary/aromatic N) is 3. The van der Waals surface area contributed by atoms with Crippen molar-refractivity contribution in [2.75, 3.05) is 19.1 Å². The van der Waals surface area contributed by atoms with Gasteiger partial charge in [-0.15, -0.1) is 0 Å². The first-order valence-electron chi connectivity index (χ1n) is 19.8. The summed E-state index contributed by atoms with van der Waals surface area (Å²) in [5, 5.41) is 5.62. The van der Waals surface area contributed by atoms with Gasteiger partial charge in [-0.3, -0.25) is 14.9 Å². The number of aromatic nitrogens is 2. The summed E-state index contributed by atoms with van der Waals surface area (Å²) in [6, 6.07) is 51.7. The van der Waals surface area contributed by atoms with Crippen LogP contribution in [0.15, 0.2) is 164 Å². The van der Waals surface area contributed by atoms with E-state index >= 15 is 4.79 Å². The summed E-state index contributed by atoms with van der Waals surface area (Å²) in [6.07, 6.45) is 8.17. The van der Waals surface area contributed by atoms with Crippen molar-refractivity contribution in [1.82, 2.24) is 14.9 Å². The molecule has 1 saturated carbocycles. The first-order valence-corrected chi connectivity index (χ1v) is 19.8.